The Balaban J connectivity index is 1.87. The smallest absolute Gasteiger partial charge is 0.264 e. The van der Waals surface area contributed by atoms with E-state index in [0.717, 1.165) is 43.9 Å². The lowest BCUT2D eigenvalue weighted by Crippen LogP contribution is -2.32. The Hall–Kier alpha value is -2.54. The van der Waals surface area contributed by atoms with E-state index in [9.17, 15) is 4.79 Å². The molecular weight excluding hydrogens is 358 g/mol. The number of H-pyrrole nitrogens is 1. The maximum absolute atomic E-state index is 12.8. The Kier molecular flexibility index (Phi) is 4.78. The lowest BCUT2D eigenvalue weighted by atomic mass is 10.1. The van der Waals surface area contributed by atoms with Crippen molar-refractivity contribution in [3.05, 3.63) is 50.6 Å². The molecule has 0 atom stereocenters. The highest BCUT2D eigenvalue weighted by Gasteiger charge is 2.17. The van der Waals surface area contributed by atoms with E-state index in [0.29, 0.717) is 21.6 Å². The van der Waals surface area contributed by atoms with E-state index in [4.69, 9.17) is 12.2 Å². The molecule has 1 saturated heterocycles. The Bertz CT molecular complexity index is 1090. The minimum atomic E-state index is -0.225. The minimum Gasteiger partial charge on any atom is -0.342 e. The van der Waals surface area contributed by atoms with Gasteiger partial charge in [-0.25, -0.2) is 4.98 Å². The fourth-order valence-corrected chi connectivity index (χ4v) is 4.05. The summed E-state index contributed by atoms with van der Waals surface area (Å²) in [6, 6.07) is 8.17. The van der Waals surface area contributed by atoms with E-state index >= 15 is 0 Å². The average Bonchev–Trinajstić information content (AvgIpc) is 2.68. The molecule has 1 fully saturated rings. The monoisotopic (exact) mass is 381 g/mol. The summed E-state index contributed by atoms with van der Waals surface area (Å²) >= 11 is 5.66. The van der Waals surface area contributed by atoms with Crippen molar-refractivity contribution in [2.45, 2.75) is 39.5 Å². The van der Waals surface area contributed by atoms with E-state index in [1.807, 2.05) is 23.6 Å². The van der Waals surface area contributed by atoms with Crippen molar-refractivity contribution in [2.75, 3.05) is 18.0 Å². The number of aryl methyl sites for hydroxylation is 2. The van der Waals surface area contributed by atoms with Crippen molar-refractivity contribution >= 4 is 29.2 Å². The summed E-state index contributed by atoms with van der Waals surface area (Å²) in [7, 11) is 0. The molecule has 0 amide bonds. The number of hydrogen-bond donors (Lipinski definition) is 1. The zero-order valence-corrected chi connectivity index (χ0v) is 16.5. The van der Waals surface area contributed by atoms with Gasteiger partial charge in [0.25, 0.3) is 5.56 Å². The second kappa shape index (κ2) is 7.23. The summed E-state index contributed by atoms with van der Waals surface area (Å²) in [6.45, 7) is 5.83. The second-order valence-corrected chi connectivity index (χ2v) is 7.34. The summed E-state index contributed by atoms with van der Waals surface area (Å²) in [5.41, 5.74) is 2.35. The van der Waals surface area contributed by atoms with Gasteiger partial charge in [0.05, 0.1) is 0 Å². The Labute approximate surface area is 162 Å². The molecule has 1 aromatic carbocycles. The molecule has 0 bridgehead atoms. The van der Waals surface area contributed by atoms with Crippen LogP contribution >= 0.6 is 12.2 Å². The maximum Gasteiger partial charge on any atom is 0.264 e. The summed E-state index contributed by atoms with van der Waals surface area (Å²) < 4.78 is 2.29. The molecule has 140 valence electrons. The molecule has 1 N–H and O–H groups in total. The largest absolute Gasteiger partial charge is 0.342 e. The second-order valence-electron chi connectivity index (χ2n) is 6.96. The third kappa shape index (κ3) is 3.27. The first-order valence-corrected chi connectivity index (χ1v) is 9.87. The molecule has 1 aliphatic heterocycles. The van der Waals surface area contributed by atoms with Gasteiger partial charge in [-0.3, -0.25) is 14.3 Å². The zero-order valence-electron chi connectivity index (χ0n) is 15.7. The van der Waals surface area contributed by atoms with Crippen molar-refractivity contribution < 1.29 is 0 Å². The molecule has 3 aromatic rings. The molecule has 27 heavy (non-hydrogen) atoms. The number of hydrogen-bond acceptors (Lipinski definition) is 5. The third-order valence-corrected chi connectivity index (χ3v) is 5.54. The SMILES string of the molecule is CCc1ccc(-n2c(C)nc3nc(N4CCCCC4)[nH]c(=O)c3c2=S)cc1. The van der Waals surface area contributed by atoms with Crippen LogP contribution in [-0.4, -0.2) is 32.6 Å². The molecule has 0 spiro atoms. The lowest BCUT2D eigenvalue weighted by Gasteiger charge is -2.27. The number of rotatable bonds is 3. The van der Waals surface area contributed by atoms with Crippen molar-refractivity contribution in [1.82, 2.24) is 19.5 Å². The van der Waals surface area contributed by atoms with Crippen LogP contribution in [-0.2, 0) is 6.42 Å². The molecule has 1 aliphatic rings. The quantitative estimate of drug-likeness (QED) is 0.701. The van der Waals surface area contributed by atoms with Crippen LogP contribution in [0.1, 0.15) is 37.6 Å². The third-order valence-electron chi connectivity index (χ3n) is 5.15. The Morgan fingerprint density at radius 1 is 1.11 bits per heavy atom. The summed E-state index contributed by atoms with van der Waals surface area (Å²) in [5, 5.41) is 0.371. The van der Waals surface area contributed by atoms with Gasteiger partial charge in [0.1, 0.15) is 15.9 Å². The molecule has 0 aliphatic carbocycles. The van der Waals surface area contributed by atoms with E-state index in [2.05, 4.69) is 38.9 Å². The van der Waals surface area contributed by atoms with Crippen LogP contribution < -0.4 is 10.5 Å². The van der Waals surface area contributed by atoms with Crippen LogP contribution in [0.2, 0.25) is 0 Å². The highest BCUT2D eigenvalue weighted by atomic mass is 32.1. The zero-order chi connectivity index (χ0) is 19.0. The molecule has 0 unspecified atom stereocenters. The van der Waals surface area contributed by atoms with Crippen molar-refractivity contribution in [3.63, 3.8) is 0 Å². The van der Waals surface area contributed by atoms with Crippen molar-refractivity contribution in [2.24, 2.45) is 0 Å². The predicted octanol–water partition coefficient (Wildman–Crippen LogP) is 3.70. The molecule has 2 aromatic heterocycles. The molecule has 6 nitrogen and oxygen atoms in total. The van der Waals surface area contributed by atoms with Crippen LogP contribution in [0.5, 0.6) is 0 Å². The Morgan fingerprint density at radius 2 is 1.81 bits per heavy atom. The van der Waals surface area contributed by atoms with E-state index < -0.39 is 0 Å². The number of aromatic nitrogens is 4. The predicted molar refractivity (Wildman–Crippen MR) is 110 cm³/mol. The molecular formula is C20H23N5OS. The van der Waals surface area contributed by atoms with Gasteiger partial charge in [0, 0.05) is 18.8 Å². The molecule has 0 saturated carbocycles. The van der Waals surface area contributed by atoms with Crippen molar-refractivity contribution in [1.29, 1.82) is 0 Å². The van der Waals surface area contributed by atoms with E-state index in [1.165, 1.54) is 12.0 Å². The van der Waals surface area contributed by atoms with Gasteiger partial charge >= 0.3 is 0 Å². The van der Waals surface area contributed by atoms with Gasteiger partial charge in [0.15, 0.2) is 5.65 Å². The highest BCUT2D eigenvalue weighted by molar-refractivity contribution is 7.71. The average molecular weight is 382 g/mol. The van der Waals surface area contributed by atoms with Gasteiger partial charge in [-0.1, -0.05) is 31.3 Å². The molecule has 3 heterocycles. The van der Waals surface area contributed by atoms with Gasteiger partial charge in [0.2, 0.25) is 5.95 Å². The van der Waals surface area contributed by atoms with Gasteiger partial charge in [-0.2, -0.15) is 4.98 Å². The van der Waals surface area contributed by atoms with E-state index in [-0.39, 0.29) is 5.56 Å². The fourth-order valence-electron chi connectivity index (χ4n) is 3.63. The number of piperidine rings is 1. The minimum absolute atomic E-state index is 0.225. The topological polar surface area (TPSA) is 66.8 Å². The molecule has 0 radical (unpaired) electrons. The Morgan fingerprint density at radius 3 is 2.48 bits per heavy atom. The number of anilines is 1. The van der Waals surface area contributed by atoms with Crippen LogP contribution in [0.3, 0.4) is 0 Å². The van der Waals surface area contributed by atoms with Gasteiger partial charge in [-0.15, -0.1) is 0 Å². The molecule has 4 rings (SSSR count). The first-order valence-electron chi connectivity index (χ1n) is 9.46. The first-order chi connectivity index (χ1) is 13.1. The summed E-state index contributed by atoms with van der Waals surface area (Å²) in [4.78, 5) is 27.1. The number of nitrogens with zero attached hydrogens (tertiary/aromatic N) is 4. The highest BCUT2D eigenvalue weighted by Crippen LogP contribution is 2.20. The normalized spacial score (nSPS) is 14.7. The van der Waals surface area contributed by atoms with Crippen molar-refractivity contribution in [3.8, 4) is 5.69 Å². The van der Waals surface area contributed by atoms with Crippen LogP contribution in [0, 0.1) is 11.6 Å². The van der Waals surface area contributed by atoms with Crippen LogP contribution in [0.15, 0.2) is 29.1 Å². The van der Waals surface area contributed by atoms with Gasteiger partial charge in [-0.05, 0) is 50.3 Å². The first kappa shape index (κ1) is 17.9. The number of fused-ring (bicyclic) bond motifs is 1. The van der Waals surface area contributed by atoms with Crippen LogP contribution in [0.4, 0.5) is 5.95 Å². The summed E-state index contributed by atoms with van der Waals surface area (Å²) in [5.74, 6) is 1.32. The fraction of sp³-hybridized carbons (Fsp3) is 0.400. The standard InChI is InChI=1S/C20H23N5OS/c1-3-14-7-9-15(10-8-14)25-13(2)21-17-16(19(25)27)18(26)23-20(22-17)24-11-5-4-6-12-24/h7-10H,3-6,11-12H2,1-2H3,(H,22,23,26). The number of nitrogens with one attached hydrogen (secondary N) is 1. The molecule has 7 heteroatoms. The number of aromatic amines is 1. The lowest BCUT2D eigenvalue weighted by molar-refractivity contribution is 0.568. The number of benzene rings is 1. The summed E-state index contributed by atoms with van der Waals surface area (Å²) in [6.07, 6.45) is 4.42. The van der Waals surface area contributed by atoms with Crippen LogP contribution in [0.25, 0.3) is 16.7 Å². The van der Waals surface area contributed by atoms with Gasteiger partial charge < -0.3 is 4.90 Å². The maximum atomic E-state index is 12.8. The van der Waals surface area contributed by atoms with E-state index in [1.54, 1.807) is 0 Å².